The molecule has 1 unspecified atom stereocenters. The summed E-state index contributed by atoms with van der Waals surface area (Å²) >= 11 is 1.06. The molecule has 0 bridgehead atoms. The quantitative estimate of drug-likeness (QED) is 0.680. The third-order valence-corrected chi connectivity index (χ3v) is 2.30. The Kier molecular flexibility index (Phi) is 4.36. The topological polar surface area (TPSA) is 106 Å². The number of rotatable bonds is 7. The molecule has 0 amide bonds. The molecule has 2 rings (SSSR count). The Labute approximate surface area is 101 Å². The minimum Gasteiger partial charge on any atom is -0.473 e. The van der Waals surface area contributed by atoms with Crippen LogP contribution in [-0.4, -0.2) is 43.2 Å². The molecule has 0 aromatic carbocycles. The number of ether oxygens (including phenoxy) is 1. The van der Waals surface area contributed by atoms with E-state index in [4.69, 9.17) is 4.74 Å². The molecule has 0 saturated carbocycles. The lowest BCUT2D eigenvalue weighted by atomic mass is 10.4. The molecule has 92 valence electrons. The van der Waals surface area contributed by atoms with Gasteiger partial charge in [0.25, 0.3) is 0 Å². The van der Waals surface area contributed by atoms with Crippen molar-refractivity contribution < 1.29 is 14.4 Å². The van der Waals surface area contributed by atoms with Gasteiger partial charge in [-0.15, -0.1) is 4.37 Å². The summed E-state index contributed by atoms with van der Waals surface area (Å²) in [7, 11) is 0. The van der Waals surface area contributed by atoms with Crippen molar-refractivity contribution in [3.63, 3.8) is 0 Å². The van der Waals surface area contributed by atoms with E-state index in [2.05, 4.69) is 28.7 Å². The van der Waals surface area contributed by atoms with Crippen LogP contribution in [0.1, 0.15) is 5.82 Å². The van der Waals surface area contributed by atoms with Crippen LogP contribution in [-0.2, 0) is 6.54 Å². The Morgan fingerprint density at radius 1 is 1.59 bits per heavy atom. The van der Waals surface area contributed by atoms with E-state index in [0.717, 1.165) is 11.7 Å². The lowest BCUT2D eigenvalue weighted by Gasteiger charge is -2.10. The highest BCUT2D eigenvalue weighted by Gasteiger charge is 2.07. The zero-order valence-corrected chi connectivity index (χ0v) is 9.63. The minimum atomic E-state index is -0.636. The van der Waals surface area contributed by atoms with Gasteiger partial charge in [0.15, 0.2) is 5.82 Å². The molecule has 0 radical (unpaired) electrons. The standard InChI is InChI=1S/C8H11N5O3S/c14-6(4-15-8-3-11-17-13-8)1-9-2-7-10-5-16-12-7/h3,5-6,9,14H,1-2,4H2. The maximum atomic E-state index is 9.58. The van der Waals surface area contributed by atoms with Crippen molar-refractivity contribution in [1.29, 1.82) is 0 Å². The lowest BCUT2D eigenvalue weighted by molar-refractivity contribution is 0.104. The maximum Gasteiger partial charge on any atom is 0.245 e. The van der Waals surface area contributed by atoms with Crippen LogP contribution < -0.4 is 10.1 Å². The van der Waals surface area contributed by atoms with Crippen molar-refractivity contribution in [2.24, 2.45) is 0 Å². The fourth-order valence-electron chi connectivity index (χ4n) is 1.08. The zero-order valence-electron chi connectivity index (χ0n) is 8.81. The SMILES string of the molecule is OC(CNCc1ncon1)COc1cnsn1. The lowest BCUT2D eigenvalue weighted by Crippen LogP contribution is -2.31. The van der Waals surface area contributed by atoms with Crippen LogP contribution >= 0.6 is 11.7 Å². The second-order valence-electron chi connectivity index (χ2n) is 3.19. The summed E-state index contributed by atoms with van der Waals surface area (Å²) in [5.74, 6) is 0.967. The van der Waals surface area contributed by atoms with Gasteiger partial charge in [-0.05, 0) is 0 Å². The molecular formula is C8H11N5O3S. The molecule has 2 aromatic rings. The van der Waals surface area contributed by atoms with Crippen molar-refractivity contribution in [3.8, 4) is 5.88 Å². The first kappa shape index (κ1) is 11.9. The van der Waals surface area contributed by atoms with E-state index in [9.17, 15) is 5.11 Å². The molecule has 2 N–H and O–H groups in total. The van der Waals surface area contributed by atoms with Gasteiger partial charge in [-0.3, -0.25) is 0 Å². The smallest absolute Gasteiger partial charge is 0.245 e. The van der Waals surface area contributed by atoms with Crippen molar-refractivity contribution in [1.82, 2.24) is 24.2 Å². The van der Waals surface area contributed by atoms with Gasteiger partial charge in [0.1, 0.15) is 18.9 Å². The Bertz CT molecular complexity index is 407. The monoisotopic (exact) mass is 257 g/mol. The molecule has 0 spiro atoms. The van der Waals surface area contributed by atoms with Crippen LogP contribution in [0, 0.1) is 0 Å². The molecule has 9 heteroatoms. The van der Waals surface area contributed by atoms with Gasteiger partial charge >= 0.3 is 0 Å². The van der Waals surface area contributed by atoms with E-state index >= 15 is 0 Å². The van der Waals surface area contributed by atoms with Crippen molar-refractivity contribution in [2.75, 3.05) is 13.2 Å². The van der Waals surface area contributed by atoms with Crippen molar-refractivity contribution in [2.45, 2.75) is 12.6 Å². The van der Waals surface area contributed by atoms with E-state index < -0.39 is 6.10 Å². The number of hydrogen-bond acceptors (Lipinski definition) is 9. The molecule has 8 nitrogen and oxygen atoms in total. The third kappa shape index (κ3) is 4.06. The average Bonchev–Trinajstić information content (AvgIpc) is 2.99. The maximum absolute atomic E-state index is 9.58. The molecule has 0 fully saturated rings. The predicted molar refractivity (Wildman–Crippen MR) is 57.4 cm³/mol. The van der Waals surface area contributed by atoms with Crippen LogP contribution in [0.2, 0.25) is 0 Å². The summed E-state index contributed by atoms with van der Waals surface area (Å²) in [6.07, 6.45) is 2.12. The Morgan fingerprint density at radius 3 is 3.24 bits per heavy atom. The fraction of sp³-hybridized carbons (Fsp3) is 0.500. The largest absolute Gasteiger partial charge is 0.473 e. The molecular weight excluding hydrogens is 246 g/mol. The minimum absolute atomic E-state index is 0.157. The number of nitrogens with zero attached hydrogens (tertiary/aromatic N) is 4. The number of aliphatic hydroxyl groups is 1. The van der Waals surface area contributed by atoms with Gasteiger partial charge in [-0.1, -0.05) is 5.16 Å². The van der Waals surface area contributed by atoms with Crippen molar-refractivity contribution >= 4 is 11.7 Å². The summed E-state index contributed by atoms with van der Waals surface area (Å²) in [5, 5.41) is 16.2. The van der Waals surface area contributed by atoms with Gasteiger partial charge < -0.3 is 19.7 Å². The van der Waals surface area contributed by atoms with Crippen LogP contribution in [0.15, 0.2) is 17.1 Å². The van der Waals surface area contributed by atoms with Gasteiger partial charge in [-0.2, -0.15) is 9.36 Å². The second kappa shape index (κ2) is 6.23. The molecule has 1 atom stereocenters. The van der Waals surface area contributed by atoms with E-state index in [0.29, 0.717) is 24.8 Å². The van der Waals surface area contributed by atoms with E-state index in [1.165, 1.54) is 12.6 Å². The molecule has 0 aliphatic carbocycles. The van der Waals surface area contributed by atoms with Gasteiger partial charge in [-0.25, -0.2) is 0 Å². The van der Waals surface area contributed by atoms with Crippen LogP contribution in [0.5, 0.6) is 5.88 Å². The summed E-state index contributed by atoms with van der Waals surface area (Å²) in [6, 6.07) is 0. The van der Waals surface area contributed by atoms with Gasteiger partial charge in [0.2, 0.25) is 12.3 Å². The van der Waals surface area contributed by atoms with Gasteiger partial charge in [0.05, 0.1) is 18.3 Å². The summed E-state index contributed by atoms with van der Waals surface area (Å²) in [6.45, 7) is 0.961. The number of aliphatic hydroxyl groups excluding tert-OH is 1. The highest BCUT2D eigenvalue weighted by atomic mass is 32.1. The zero-order chi connectivity index (χ0) is 11.9. The van der Waals surface area contributed by atoms with Crippen molar-refractivity contribution in [3.05, 3.63) is 18.4 Å². The van der Waals surface area contributed by atoms with Crippen LogP contribution in [0.4, 0.5) is 0 Å². The number of aromatic nitrogens is 4. The van der Waals surface area contributed by atoms with E-state index in [1.807, 2.05) is 0 Å². The molecule has 2 aromatic heterocycles. The van der Waals surface area contributed by atoms with Crippen LogP contribution in [0.3, 0.4) is 0 Å². The summed E-state index contributed by atoms with van der Waals surface area (Å²) in [4.78, 5) is 3.83. The molecule has 17 heavy (non-hydrogen) atoms. The molecule has 0 aliphatic rings. The van der Waals surface area contributed by atoms with Gasteiger partial charge in [0, 0.05) is 6.54 Å². The Balaban J connectivity index is 1.59. The average molecular weight is 257 g/mol. The molecule has 0 aliphatic heterocycles. The number of hydrogen-bond donors (Lipinski definition) is 2. The highest BCUT2D eigenvalue weighted by molar-refractivity contribution is 6.99. The summed E-state index contributed by atoms with van der Waals surface area (Å²) in [5.41, 5.74) is 0. The first-order valence-electron chi connectivity index (χ1n) is 4.89. The Morgan fingerprint density at radius 2 is 2.53 bits per heavy atom. The normalized spacial score (nSPS) is 12.5. The van der Waals surface area contributed by atoms with Crippen LogP contribution in [0.25, 0.3) is 0 Å². The molecule has 0 saturated heterocycles. The first-order valence-corrected chi connectivity index (χ1v) is 5.62. The first-order chi connectivity index (χ1) is 8.34. The highest BCUT2D eigenvalue weighted by Crippen LogP contribution is 2.04. The van der Waals surface area contributed by atoms with E-state index in [-0.39, 0.29) is 6.61 Å². The number of nitrogens with one attached hydrogen (secondary N) is 1. The summed E-state index contributed by atoms with van der Waals surface area (Å²) < 4.78 is 17.4. The molecule has 2 heterocycles. The fourth-order valence-corrected chi connectivity index (χ4v) is 1.45. The Hall–Kier alpha value is -1.58. The van der Waals surface area contributed by atoms with E-state index in [1.54, 1.807) is 0 Å². The predicted octanol–water partition coefficient (Wildman–Crippen LogP) is -0.549. The third-order valence-electron chi connectivity index (χ3n) is 1.83. The second-order valence-corrected chi connectivity index (χ2v) is 3.75.